The Labute approximate surface area is 225 Å². The SMILES string of the molecule is CCOc1cc2c(cc1OC)C(c1cnc(OC)nc1OC)=N[C@@H]1CC[C@@H](O)C[C@H]21.O=C(O)CC(O)C(=O)O. The second-order valence-corrected chi connectivity index (χ2v) is 8.87. The van der Waals surface area contributed by atoms with Gasteiger partial charge in [0.1, 0.15) is 0 Å². The molecule has 212 valence electrons. The minimum absolute atomic E-state index is 0.0607. The molecule has 0 radical (unpaired) electrons. The molecular formula is C26H33N3O10. The number of rotatable bonds is 9. The van der Waals surface area contributed by atoms with E-state index < -0.39 is 24.5 Å². The number of carboxylic acid groups (broad SMARTS) is 2. The lowest BCUT2D eigenvalue weighted by molar-refractivity contribution is -0.152. The van der Waals surface area contributed by atoms with Gasteiger partial charge >= 0.3 is 17.9 Å². The van der Waals surface area contributed by atoms with Crippen molar-refractivity contribution in [2.75, 3.05) is 27.9 Å². The minimum Gasteiger partial charge on any atom is -0.493 e. The summed E-state index contributed by atoms with van der Waals surface area (Å²) in [6, 6.07) is 4.26. The van der Waals surface area contributed by atoms with Crippen LogP contribution in [0.15, 0.2) is 23.3 Å². The van der Waals surface area contributed by atoms with E-state index >= 15 is 0 Å². The maximum atomic E-state index is 10.3. The average Bonchev–Trinajstić information content (AvgIpc) is 2.92. The predicted molar refractivity (Wildman–Crippen MR) is 137 cm³/mol. The summed E-state index contributed by atoms with van der Waals surface area (Å²) in [5, 5.41) is 34.5. The lowest BCUT2D eigenvalue weighted by Gasteiger charge is -2.37. The Balaban J connectivity index is 0.000000403. The minimum atomic E-state index is -1.79. The van der Waals surface area contributed by atoms with Crippen LogP contribution in [0.1, 0.15) is 55.2 Å². The van der Waals surface area contributed by atoms with Gasteiger partial charge in [0, 0.05) is 17.7 Å². The molecule has 1 aromatic heterocycles. The van der Waals surface area contributed by atoms with Crippen LogP contribution in [0.5, 0.6) is 23.4 Å². The molecule has 1 unspecified atom stereocenters. The lowest BCUT2D eigenvalue weighted by atomic mass is 9.74. The maximum absolute atomic E-state index is 10.3. The van der Waals surface area contributed by atoms with Crippen LogP contribution < -0.4 is 18.9 Å². The fourth-order valence-electron chi connectivity index (χ4n) is 4.61. The summed E-state index contributed by atoms with van der Waals surface area (Å²) in [5.74, 6) is -1.01. The molecule has 0 amide bonds. The van der Waals surface area contributed by atoms with Crippen LogP contribution in [0.3, 0.4) is 0 Å². The first-order chi connectivity index (χ1) is 18.6. The van der Waals surface area contributed by atoms with Crippen molar-refractivity contribution in [3.05, 3.63) is 35.0 Å². The fraction of sp³-hybridized carbons (Fsp3) is 0.500. The number of hydrogen-bond acceptors (Lipinski definition) is 11. The summed E-state index contributed by atoms with van der Waals surface area (Å²) in [4.78, 5) is 33.1. The molecule has 4 atom stereocenters. The predicted octanol–water partition coefficient (Wildman–Crippen LogP) is 1.66. The Kier molecular flexibility index (Phi) is 10.0. The molecule has 13 nitrogen and oxygen atoms in total. The van der Waals surface area contributed by atoms with Crippen LogP contribution >= 0.6 is 0 Å². The van der Waals surface area contributed by atoms with Gasteiger partial charge in [-0.25, -0.2) is 9.78 Å². The van der Waals surface area contributed by atoms with Gasteiger partial charge in [-0.05, 0) is 43.9 Å². The summed E-state index contributed by atoms with van der Waals surface area (Å²) in [6.07, 6.45) is 1.02. The molecule has 4 rings (SSSR count). The second-order valence-electron chi connectivity index (χ2n) is 8.87. The number of hydrogen-bond donors (Lipinski definition) is 4. The molecule has 0 spiro atoms. The van der Waals surface area contributed by atoms with Crippen molar-refractivity contribution < 1.29 is 49.0 Å². The number of aliphatic hydroxyl groups excluding tert-OH is 2. The Bertz CT molecular complexity index is 1220. The van der Waals surface area contributed by atoms with Crippen molar-refractivity contribution in [2.45, 2.75) is 56.8 Å². The molecule has 13 heteroatoms. The molecule has 0 saturated heterocycles. The van der Waals surface area contributed by atoms with Gasteiger partial charge in [0.15, 0.2) is 17.6 Å². The number of ether oxygens (including phenoxy) is 4. The van der Waals surface area contributed by atoms with Crippen LogP contribution in [0.2, 0.25) is 0 Å². The number of carboxylic acids is 2. The normalized spacial score (nSPS) is 20.2. The molecule has 1 aromatic carbocycles. The van der Waals surface area contributed by atoms with Crippen LogP contribution in [-0.2, 0) is 9.59 Å². The Hall–Kier alpha value is -3.97. The first-order valence-corrected chi connectivity index (χ1v) is 12.3. The van der Waals surface area contributed by atoms with E-state index in [1.807, 2.05) is 19.1 Å². The highest BCUT2D eigenvalue weighted by atomic mass is 16.5. The summed E-state index contributed by atoms with van der Waals surface area (Å²) < 4.78 is 22.1. The zero-order chi connectivity index (χ0) is 28.7. The molecule has 4 N–H and O–H groups in total. The third-order valence-electron chi connectivity index (χ3n) is 6.39. The van der Waals surface area contributed by atoms with E-state index in [9.17, 15) is 14.7 Å². The van der Waals surface area contributed by atoms with Gasteiger partial charge < -0.3 is 39.4 Å². The van der Waals surface area contributed by atoms with Crippen LogP contribution in [0.4, 0.5) is 0 Å². The highest BCUT2D eigenvalue weighted by Crippen LogP contribution is 2.45. The Morgan fingerprint density at radius 3 is 2.36 bits per heavy atom. The van der Waals surface area contributed by atoms with Gasteiger partial charge in [-0.3, -0.25) is 9.79 Å². The highest BCUT2D eigenvalue weighted by Gasteiger charge is 2.38. The van der Waals surface area contributed by atoms with E-state index in [4.69, 9.17) is 39.3 Å². The largest absolute Gasteiger partial charge is 0.493 e. The first kappa shape index (κ1) is 29.6. The van der Waals surface area contributed by atoms with Crippen molar-refractivity contribution in [3.63, 3.8) is 0 Å². The summed E-state index contributed by atoms with van der Waals surface area (Å²) in [7, 11) is 4.70. The molecule has 1 fully saturated rings. The lowest BCUT2D eigenvalue weighted by Crippen LogP contribution is -2.34. The van der Waals surface area contributed by atoms with E-state index in [0.29, 0.717) is 36.0 Å². The smallest absolute Gasteiger partial charge is 0.333 e. The maximum Gasteiger partial charge on any atom is 0.333 e. The zero-order valence-electron chi connectivity index (χ0n) is 22.2. The Morgan fingerprint density at radius 2 is 1.79 bits per heavy atom. The molecule has 1 saturated carbocycles. The number of aromatic nitrogens is 2. The Morgan fingerprint density at radius 1 is 1.05 bits per heavy atom. The topological polar surface area (TPSA) is 190 Å². The molecule has 2 aromatic rings. The second kappa shape index (κ2) is 13.2. The average molecular weight is 548 g/mol. The van der Waals surface area contributed by atoms with E-state index in [0.717, 1.165) is 29.7 Å². The molecule has 0 bridgehead atoms. The number of carbonyl (C=O) groups is 2. The van der Waals surface area contributed by atoms with Crippen LogP contribution in [0.25, 0.3) is 0 Å². The molecule has 39 heavy (non-hydrogen) atoms. The molecular weight excluding hydrogens is 514 g/mol. The number of aliphatic imine (C=N–C) groups is 1. The first-order valence-electron chi connectivity index (χ1n) is 12.3. The van der Waals surface area contributed by atoms with E-state index in [-0.39, 0.29) is 24.1 Å². The third kappa shape index (κ3) is 6.92. The molecule has 1 aliphatic carbocycles. The van der Waals surface area contributed by atoms with E-state index in [1.165, 1.54) is 7.11 Å². The van der Waals surface area contributed by atoms with Crippen LogP contribution in [-0.4, -0.2) is 94.2 Å². The van der Waals surface area contributed by atoms with Crippen LogP contribution in [0, 0.1) is 0 Å². The van der Waals surface area contributed by atoms with Crippen molar-refractivity contribution in [2.24, 2.45) is 4.99 Å². The monoisotopic (exact) mass is 547 g/mol. The summed E-state index contributed by atoms with van der Waals surface area (Å²) in [6.45, 7) is 2.48. The van der Waals surface area contributed by atoms with Gasteiger partial charge in [-0.2, -0.15) is 4.98 Å². The van der Waals surface area contributed by atoms with E-state index in [2.05, 4.69) is 9.97 Å². The molecule has 2 aliphatic rings. The van der Waals surface area contributed by atoms with Crippen molar-refractivity contribution >= 4 is 17.7 Å². The van der Waals surface area contributed by atoms with Crippen molar-refractivity contribution in [1.82, 2.24) is 9.97 Å². The highest BCUT2D eigenvalue weighted by molar-refractivity contribution is 6.16. The quantitative estimate of drug-likeness (QED) is 0.356. The number of fused-ring (bicyclic) bond motifs is 3. The molecule has 2 heterocycles. The van der Waals surface area contributed by atoms with Gasteiger partial charge in [0.2, 0.25) is 5.88 Å². The van der Waals surface area contributed by atoms with Crippen molar-refractivity contribution in [1.29, 1.82) is 0 Å². The standard InChI is InChI=1S/C22H27N3O5.C4H6O5/c1-5-30-19-9-13-14-8-12(26)6-7-17(14)24-20(15(13)10-18(19)27-2)16-11-23-22(29-4)25-21(16)28-3;5-2(4(8)9)1-3(6)7/h9-12,14,17,26H,5-8H2,1-4H3;2,5H,1H2,(H,6,7)(H,8,9)/t12-,14-,17-;/m1./s1. The van der Waals surface area contributed by atoms with Gasteiger partial charge in [-0.1, -0.05) is 0 Å². The fourth-order valence-corrected chi connectivity index (χ4v) is 4.61. The van der Waals surface area contributed by atoms with Gasteiger partial charge in [-0.15, -0.1) is 0 Å². The van der Waals surface area contributed by atoms with Gasteiger partial charge in [0.25, 0.3) is 0 Å². The number of aliphatic hydroxyl groups is 2. The number of methoxy groups -OCH3 is 3. The number of benzene rings is 1. The molecule has 1 aliphatic heterocycles. The van der Waals surface area contributed by atoms with Crippen molar-refractivity contribution in [3.8, 4) is 23.4 Å². The van der Waals surface area contributed by atoms with E-state index in [1.54, 1.807) is 20.4 Å². The number of aliphatic carboxylic acids is 2. The number of nitrogens with zero attached hydrogens (tertiary/aromatic N) is 3. The summed E-state index contributed by atoms with van der Waals surface area (Å²) in [5.41, 5.74) is 3.45. The third-order valence-corrected chi connectivity index (χ3v) is 6.39. The zero-order valence-corrected chi connectivity index (χ0v) is 22.2. The van der Waals surface area contributed by atoms with Gasteiger partial charge in [0.05, 0.1) is 57.8 Å². The summed E-state index contributed by atoms with van der Waals surface area (Å²) >= 11 is 0.